The van der Waals surface area contributed by atoms with Crippen LogP contribution in [0.4, 0.5) is 15.3 Å². The van der Waals surface area contributed by atoms with Gasteiger partial charge in [-0.15, -0.1) is 0 Å². The van der Waals surface area contributed by atoms with Gasteiger partial charge in [-0.05, 0) is 48.6 Å². The normalized spacial score (nSPS) is 20.0. The molecule has 0 radical (unpaired) electrons. The predicted molar refractivity (Wildman–Crippen MR) is 124 cm³/mol. The lowest BCUT2D eigenvalue weighted by Gasteiger charge is -2.37. The molecule has 2 aliphatic heterocycles. The molecular weight excluding hydrogens is 427 g/mol. The summed E-state index contributed by atoms with van der Waals surface area (Å²) in [7, 11) is 0. The summed E-state index contributed by atoms with van der Waals surface area (Å²) < 4.78 is 24.4. The largest absolute Gasteiger partial charge is 0.380 e. The van der Waals surface area contributed by atoms with Gasteiger partial charge in [0.1, 0.15) is 11.6 Å². The molecule has 1 aromatic carbocycles. The Balaban J connectivity index is 1.23. The molecule has 4 heterocycles. The van der Waals surface area contributed by atoms with Crippen LogP contribution in [0.1, 0.15) is 11.3 Å². The zero-order valence-electron chi connectivity index (χ0n) is 18.1. The van der Waals surface area contributed by atoms with Gasteiger partial charge < -0.3 is 14.8 Å². The number of thiazole rings is 1. The van der Waals surface area contributed by atoms with Crippen molar-refractivity contribution < 1.29 is 13.9 Å². The predicted octanol–water partition coefficient (Wildman–Crippen LogP) is 4.29. The first-order valence-corrected chi connectivity index (χ1v) is 11.8. The smallest absolute Gasteiger partial charge is 0.188 e. The minimum atomic E-state index is -0.239. The van der Waals surface area contributed by atoms with Gasteiger partial charge in [-0.25, -0.2) is 14.4 Å². The molecule has 0 aliphatic carbocycles. The Kier molecular flexibility index (Phi) is 6.45. The van der Waals surface area contributed by atoms with Gasteiger partial charge in [0.15, 0.2) is 5.13 Å². The SMILES string of the molecule is Cc1nc(Nc2ncc(-c3ccc(F)cc3)s2)ccc1CC1COCCN(C2COC2)C1. The van der Waals surface area contributed by atoms with E-state index in [0.717, 1.165) is 73.0 Å². The number of ether oxygens (including phenoxy) is 2. The van der Waals surface area contributed by atoms with Crippen molar-refractivity contribution in [3.63, 3.8) is 0 Å². The lowest BCUT2D eigenvalue weighted by molar-refractivity contribution is -0.0667. The Bertz CT molecular complexity index is 1050. The van der Waals surface area contributed by atoms with Crippen LogP contribution in [0.25, 0.3) is 10.4 Å². The molecule has 2 saturated heterocycles. The molecule has 0 bridgehead atoms. The highest BCUT2D eigenvalue weighted by Crippen LogP contribution is 2.30. The molecule has 5 rings (SSSR count). The number of hydrogen-bond acceptors (Lipinski definition) is 7. The Hall–Kier alpha value is -2.39. The fourth-order valence-corrected chi connectivity index (χ4v) is 5.00. The van der Waals surface area contributed by atoms with Gasteiger partial charge in [0.05, 0.1) is 37.3 Å². The molecule has 0 amide bonds. The molecule has 0 spiro atoms. The number of pyridine rings is 1. The van der Waals surface area contributed by atoms with Crippen LogP contribution in [0.3, 0.4) is 0 Å². The van der Waals surface area contributed by atoms with Crippen molar-refractivity contribution in [2.75, 3.05) is 44.8 Å². The number of benzene rings is 1. The zero-order chi connectivity index (χ0) is 21.9. The standard InChI is InChI=1S/C24H27FN4O2S/c1-16-19(10-17-12-29(8-9-30-13-17)21-14-31-15-21)4-7-23(27-16)28-24-26-11-22(32-24)18-2-5-20(25)6-3-18/h2-7,11,17,21H,8-10,12-15H2,1H3,(H,26,27,28). The Morgan fingerprint density at radius 3 is 2.72 bits per heavy atom. The van der Waals surface area contributed by atoms with Gasteiger partial charge in [0, 0.05) is 25.0 Å². The van der Waals surface area contributed by atoms with Crippen LogP contribution in [-0.2, 0) is 15.9 Å². The Morgan fingerprint density at radius 2 is 1.97 bits per heavy atom. The number of aryl methyl sites for hydroxylation is 1. The van der Waals surface area contributed by atoms with Crippen molar-refractivity contribution >= 4 is 22.3 Å². The highest BCUT2D eigenvalue weighted by atomic mass is 32.1. The van der Waals surface area contributed by atoms with Crippen LogP contribution in [0.2, 0.25) is 0 Å². The molecule has 1 N–H and O–H groups in total. The van der Waals surface area contributed by atoms with E-state index in [1.54, 1.807) is 18.3 Å². The van der Waals surface area contributed by atoms with Crippen LogP contribution in [0, 0.1) is 18.7 Å². The van der Waals surface area contributed by atoms with Crippen molar-refractivity contribution in [3.05, 3.63) is 59.7 Å². The van der Waals surface area contributed by atoms with E-state index >= 15 is 0 Å². The van der Waals surface area contributed by atoms with Gasteiger partial charge in [-0.2, -0.15) is 0 Å². The molecule has 6 nitrogen and oxygen atoms in total. The number of nitrogens with zero attached hydrogens (tertiary/aromatic N) is 3. The Morgan fingerprint density at radius 1 is 1.12 bits per heavy atom. The molecule has 2 aliphatic rings. The fourth-order valence-electron chi connectivity index (χ4n) is 4.17. The molecule has 3 aromatic rings. The molecule has 168 valence electrons. The van der Waals surface area contributed by atoms with Crippen LogP contribution in [0.15, 0.2) is 42.6 Å². The summed E-state index contributed by atoms with van der Waals surface area (Å²) in [6.45, 7) is 7.34. The fraction of sp³-hybridized carbons (Fsp3) is 0.417. The molecule has 8 heteroatoms. The van der Waals surface area contributed by atoms with E-state index in [9.17, 15) is 4.39 Å². The third-order valence-corrected chi connectivity index (χ3v) is 7.04. The van der Waals surface area contributed by atoms with Gasteiger partial charge >= 0.3 is 0 Å². The van der Waals surface area contributed by atoms with Gasteiger partial charge in [-0.3, -0.25) is 4.90 Å². The zero-order valence-corrected chi connectivity index (χ0v) is 18.9. The highest BCUT2D eigenvalue weighted by molar-refractivity contribution is 7.18. The first-order valence-electron chi connectivity index (χ1n) is 11.0. The van der Waals surface area contributed by atoms with Crippen LogP contribution in [0.5, 0.6) is 0 Å². The van der Waals surface area contributed by atoms with E-state index < -0.39 is 0 Å². The number of rotatable bonds is 6. The van der Waals surface area contributed by atoms with Gasteiger partial charge in [-0.1, -0.05) is 29.5 Å². The van der Waals surface area contributed by atoms with Crippen LogP contribution < -0.4 is 5.32 Å². The molecule has 32 heavy (non-hydrogen) atoms. The Labute approximate surface area is 191 Å². The van der Waals surface area contributed by atoms with Crippen LogP contribution >= 0.6 is 11.3 Å². The quantitative estimate of drug-likeness (QED) is 0.600. The van der Waals surface area contributed by atoms with E-state index in [2.05, 4.69) is 28.2 Å². The van der Waals surface area contributed by atoms with Crippen molar-refractivity contribution in [1.82, 2.24) is 14.9 Å². The third kappa shape index (κ3) is 4.99. The number of halogens is 1. The van der Waals surface area contributed by atoms with E-state index in [0.29, 0.717) is 12.0 Å². The maximum Gasteiger partial charge on any atom is 0.188 e. The summed E-state index contributed by atoms with van der Waals surface area (Å²) in [6, 6.07) is 11.2. The summed E-state index contributed by atoms with van der Waals surface area (Å²) >= 11 is 1.52. The van der Waals surface area contributed by atoms with Gasteiger partial charge in [0.2, 0.25) is 0 Å². The number of anilines is 2. The average Bonchev–Trinajstić information content (AvgIpc) is 3.08. The maximum atomic E-state index is 13.2. The summed E-state index contributed by atoms with van der Waals surface area (Å²) in [6.07, 6.45) is 2.75. The molecule has 0 saturated carbocycles. The summed E-state index contributed by atoms with van der Waals surface area (Å²) in [5.41, 5.74) is 3.22. The number of aromatic nitrogens is 2. The second kappa shape index (κ2) is 9.62. The number of hydrogen-bond donors (Lipinski definition) is 1. The summed E-state index contributed by atoms with van der Waals surface area (Å²) in [5, 5.41) is 4.06. The topological polar surface area (TPSA) is 59.5 Å². The molecule has 2 aromatic heterocycles. The van der Waals surface area contributed by atoms with Crippen molar-refractivity contribution in [1.29, 1.82) is 0 Å². The van der Waals surface area contributed by atoms with Crippen LogP contribution in [-0.4, -0.2) is 60.4 Å². The first kappa shape index (κ1) is 21.5. The second-order valence-electron chi connectivity index (χ2n) is 8.43. The van der Waals surface area contributed by atoms with Crippen molar-refractivity contribution in [3.8, 4) is 10.4 Å². The van der Waals surface area contributed by atoms with E-state index in [1.165, 1.54) is 29.0 Å². The molecule has 1 atom stereocenters. The summed E-state index contributed by atoms with van der Waals surface area (Å²) in [5.74, 6) is 0.989. The van der Waals surface area contributed by atoms with Gasteiger partial charge in [0.25, 0.3) is 0 Å². The third-order valence-electron chi connectivity index (χ3n) is 6.08. The van der Waals surface area contributed by atoms with Crippen molar-refractivity contribution in [2.45, 2.75) is 19.4 Å². The van der Waals surface area contributed by atoms with E-state index in [4.69, 9.17) is 14.5 Å². The lowest BCUT2D eigenvalue weighted by atomic mass is 9.98. The molecular formula is C24H27FN4O2S. The lowest BCUT2D eigenvalue weighted by Crippen LogP contribution is -2.51. The first-order chi connectivity index (χ1) is 15.6. The van der Waals surface area contributed by atoms with E-state index in [-0.39, 0.29) is 5.82 Å². The highest BCUT2D eigenvalue weighted by Gasteiger charge is 2.29. The average molecular weight is 455 g/mol. The monoisotopic (exact) mass is 454 g/mol. The molecule has 1 unspecified atom stereocenters. The minimum Gasteiger partial charge on any atom is -0.380 e. The molecule has 2 fully saturated rings. The number of nitrogens with one attached hydrogen (secondary N) is 1. The van der Waals surface area contributed by atoms with E-state index in [1.807, 2.05) is 6.07 Å². The van der Waals surface area contributed by atoms with Crippen molar-refractivity contribution in [2.24, 2.45) is 5.92 Å². The summed E-state index contributed by atoms with van der Waals surface area (Å²) in [4.78, 5) is 12.7. The maximum absolute atomic E-state index is 13.2. The second-order valence-corrected chi connectivity index (χ2v) is 9.46. The minimum absolute atomic E-state index is 0.239.